The molecule has 8 heteroatoms. The smallest absolute Gasteiger partial charge is 0.162 e. The third-order valence-electron chi connectivity index (χ3n) is 7.95. The molecule has 42 heavy (non-hydrogen) atoms. The van der Waals surface area contributed by atoms with E-state index >= 15 is 0 Å². The van der Waals surface area contributed by atoms with E-state index in [1.165, 1.54) is 51.4 Å². The highest BCUT2D eigenvalue weighted by atomic mass is 32.2. The quantitative estimate of drug-likeness (QED) is 0.0858. The van der Waals surface area contributed by atoms with Crippen LogP contribution in [0.15, 0.2) is 34.1 Å². The minimum absolute atomic E-state index is 0.127. The topological polar surface area (TPSA) is 79.1 Å². The van der Waals surface area contributed by atoms with Crippen molar-refractivity contribution in [2.75, 3.05) is 39.6 Å². The van der Waals surface area contributed by atoms with Gasteiger partial charge in [0.1, 0.15) is 25.4 Å². The molecular formula is C34H48O7S. The molecule has 7 nitrogen and oxygen atoms in total. The Morgan fingerprint density at radius 1 is 0.595 bits per heavy atom. The molecule has 2 atom stereocenters. The molecule has 0 aromatic heterocycles. The Labute approximate surface area is 254 Å². The Hall–Kier alpha value is -2.29. The van der Waals surface area contributed by atoms with Gasteiger partial charge in [0, 0.05) is 23.3 Å². The number of rotatable bonds is 22. The van der Waals surface area contributed by atoms with E-state index in [1.54, 1.807) is 0 Å². The van der Waals surface area contributed by atoms with Crippen LogP contribution in [0, 0.1) is 0 Å². The SMILES string of the molecule is CCCCCCCCOc1cc2c(cc1OCC1CO1)-c1cc(OCC3CO3)c(OCCCCCCCC)cc1S2=O. The van der Waals surface area contributed by atoms with Gasteiger partial charge in [-0.1, -0.05) is 78.1 Å². The number of epoxide rings is 2. The highest BCUT2D eigenvalue weighted by Gasteiger charge is 2.32. The van der Waals surface area contributed by atoms with Crippen LogP contribution in [-0.4, -0.2) is 56.1 Å². The minimum atomic E-state index is -1.36. The van der Waals surface area contributed by atoms with E-state index in [-0.39, 0.29) is 12.2 Å². The average Bonchev–Trinajstić information content (AvgIpc) is 3.94. The Kier molecular flexibility index (Phi) is 11.8. The van der Waals surface area contributed by atoms with Crippen LogP contribution in [0.25, 0.3) is 11.1 Å². The monoisotopic (exact) mass is 600 g/mol. The van der Waals surface area contributed by atoms with Crippen LogP contribution in [0.4, 0.5) is 0 Å². The van der Waals surface area contributed by atoms with Crippen LogP contribution in [0.1, 0.15) is 90.9 Å². The summed E-state index contributed by atoms with van der Waals surface area (Å²) in [6, 6.07) is 7.76. The van der Waals surface area contributed by atoms with Crippen LogP contribution in [0.2, 0.25) is 0 Å². The standard InChI is InChI=1S/C34H48O7S/c1-3-5-7-9-11-13-15-36-31-19-33-27(17-29(31)40-23-25-21-38-25)28-18-30(41-24-26-22-39-26)32(20-34(28)42(33)35)37-16-14-12-10-8-6-4-2/h17-20,25-26H,3-16,21-24H2,1-2H3. The molecule has 0 saturated carbocycles. The van der Waals surface area contributed by atoms with Crippen LogP contribution >= 0.6 is 0 Å². The fourth-order valence-electron chi connectivity index (χ4n) is 5.20. The van der Waals surface area contributed by atoms with Gasteiger partial charge in [-0.2, -0.15) is 0 Å². The van der Waals surface area contributed by atoms with E-state index < -0.39 is 10.8 Å². The lowest BCUT2D eigenvalue weighted by Gasteiger charge is -2.15. The second-order valence-corrected chi connectivity index (χ2v) is 13.0. The van der Waals surface area contributed by atoms with Gasteiger partial charge in [-0.25, -0.2) is 4.21 Å². The molecule has 0 N–H and O–H groups in total. The van der Waals surface area contributed by atoms with Crippen molar-refractivity contribution in [2.24, 2.45) is 0 Å². The molecule has 3 heterocycles. The van der Waals surface area contributed by atoms with Crippen molar-refractivity contribution in [3.05, 3.63) is 24.3 Å². The fraction of sp³-hybridized carbons (Fsp3) is 0.647. The van der Waals surface area contributed by atoms with Crippen molar-refractivity contribution in [3.8, 4) is 34.1 Å². The van der Waals surface area contributed by atoms with Crippen molar-refractivity contribution in [2.45, 2.75) is 113 Å². The molecule has 2 saturated heterocycles. The van der Waals surface area contributed by atoms with Gasteiger partial charge < -0.3 is 28.4 Å². The predicted molar refractivity (Wildman–Crippen MR) is 165 cm³/mol. The lowest BCUT2D eigenvalue weighted by molar-refractivity contribution is 0.238. The summed E-state index contributed by atoms with van der Waals surface area (Å²) in [7, 11) is -1.36. The van der Waals surface area contributed by atoms with Crippen molar-refractivity contribution in [1.29, 1.82) is 0 Å². The van der Waals surface area contributed by atoms with E-state index in [0.717, 1.165) is 59.8 Å². The van der Waals surface area contributed by atoms with Crippen LogP contribution in [0.3, 0.4) is 0 Å². The first kappa shape index (κ1) is 31.1. The van der Waals surface area contributed by atoms with Gasteiger partial charge in [0.2, 0.25) is 0 Å². The fourth-order valence-corrected chi connectivity index (χ4v) is 6.61. The average molecular weight is 601 g/mol. The van der Waals surface area contributed by atoms with Gasteiger partial charge in [-0.15, -0.1) is 0 Å². The largest absolute Gasteiger partial charge is 0.490 e. The zero-order chi connectivity index (χ0) is 29.1. The molecule has 232 valence electrons. The number of unbranched alkanes of at least 4 members (excludes halogenated alkanes) is 10. The Bertz CT molecular complexity index is 1090. The molecule has 0 radical (unpaired) electrons. The van der Waals surface area contributed by atoms with Gasteiger partial charge >= 0.3 is 0 Å². The number of fused-ring (bicyclic) bond motifs is 3. The molecular weight excluding hydrogens is 552 g/mol. The van der Waals surface area contributed by atoms with Crippen molar-refractivity contribution >= 4 is 10.8 Å². The summed E-state index contributed by atoms with van der Waals surface area (Å²) in [5.74, 6) is 2.62. The number of ether oxygens (including phenoxy) is 6. The Morgan fingerprint density at radius 3 is 1.38 bits per heavy atom. The molecule has 3 aliphatic heterocycles. The van der Waals surface area contributed by atoms with Crippen molar-refractivity contribution in [1.82, 2.24) is 0 Å². The van der Waals surface area contributed by atoms with Gasteiger partial charge in [-0.3, -0.25) is 0 Å². The first-order chi connectivity index (χ1) is 20.7. The van der Waals surface area contributed by atoms with E-state index in [4.69, 9.17) is 28.4 Å². The Morgan fingerprint density at radius 2 is 0.976 bits per heavy atom. The predicted octanol–water partition coefficient (Wildman–Crippen LogP) is 7.87. The molecule has 2 unspecified atom stereocenters. The molecule has 2 aromatic carbocycles. The van der Waals surface area contributed by atoms with Crippen LogP contribution in [-0.2, 0) is 20.3 Å². The molecule has 0 amide bonds. The summed E-state index contributed by atoms with van der Waals surface area (Å²) in [4.78, 5) is 1.48. The van der Waals surface area contributed by atoms with Crippen molar-refractivity contribution < 1.29 is 32.6 Å². The maximum absolute atomic E-state index is 13.8. The van der Waals surface area contributed by atoms with Gasteiger partial charge in [0.05, 0.1) is 47.0 Å². The molecule has 0 aliphatic carbocycles. The van der Waals surface area contributed by atoms with Gasteiger partial charge in [-0.05, 0) is 25.0 Å². The zero-order valence-corrected chi connectivity index (χ0v) is 26.3. The summed E-state index contributed by atoms with van der Waals surface area (Å²) < 4.78 is 49.3. The first-order valence-corrected chi connectivity index (χ1v) is 17.4. The van der Waals surface area contributed by atoms with Crippen LogP contribution in [0.5, 0.6) is 23.0 Å². The maximum Gasteiger partial charge on any atom is 0.162 e. The summed E-state index contributed by atoms with van der Waals surface area (Å²) >= 11 is 0. The normalized spacial score (nSPS) is 19.7. The van der Waals surface area contributed by atoms with E-state index in [0.29, 0.717) is 49.4 Å². The molecule has 0 bridgehead atoms. The summed E-state index contributed by atoms with van der Waals surface area (Å²) in [6.07, 6.45) is 14.6. The summed E-state index contributed by atoms with van der Waals surface area (Å²) in [5.41, 5.74) is 1.77. The first-order valence-electron chi connectivity index (χ1n) is 16.2. The van der Waals surface area contributed by atoms with E-state index in [2.05, 4.69) is 13.8 Å². The maximum atomic E-state index is 13.8. The lowest BCUT2D eigenvalue weighted by Crippen LogP contribution is -2.07. The number of hydrogen-bond donors (Lipinski definition) is 0. The lowest BCUT2D eigenvalue weighted by atomic mass is 10.0. The van der Waals surface area contributed by atoms with Gasteiger partial charge in [0.25, 0.3) is 0 Å². The number of benzene rings is 2. The van der Waals surface area contributed by atoms with Crippen LogP contribution < -0.4 is 18.9 Å². The zero-order valence-electron chi connectivity index (χ0n) is 25.5. The van der Waals surface area contributed by atoms with E-state index in [9.17, 15) is 4.21 Å². The molecule has 5 rings (SSSR count). The summed E-state index contributed by atoms with van der Waals surface area (Å²) in [5, 5.41) is 0. The van der Waals surface area contributed by atoms with E-state index in [1.807, 2.05) is 24.3 Å². The second kappa shape index (κ2) is 16.0. The molecule has 2 fully saturated rings. The molecule has 2 aromatic rings. The molecule has 3 aliphatic rings. The highest BCUT2D eigenvalue weighted by molar-refractivity contribution is 7.85. The number of hydrogen-bond acceptors (Lipinski definition) is 7. The summed E-state index contributed by atoms with van der Waals surface area (Å²) in [6.45, 7) is 8.07. The minimum Gasteiger partial charge on any atom is -0.490 e. The van der Waals surface area contributed by atoms with Gasteiger partial charge in [0.15, 0.2) is 23.0 Å². The molecule has 0 spiro atoms. The third-order valence-corrected chi connectivity index (χ3v) is 9.42. The Balaban J connectivity index is 1.31. The second-order valence-electron chi connectivity index (χ2n) is 11.6. The van der Waals surface area contributed by atoms with Crippen molar-refractivity contribution in [3.63, 3.8) is 0 Å². The highest BCUT2D eigenvalue weighted by Crippen LogP contribution is 2.49. The third kappa shape index (κ3) is 8.87.